The van der Waals surface area contributed by atoms with Crippen LogP contribution in [0.5, 0.6) is 11.5 Å². The molecule has 35 heavy (non-hydrogen) atoms. The first kappa shape index (κ1) is 28.2. The van der Waals surface area contributed by atoms with Gasteiger partial charge in [0.05, 0.1) is 5.41 Å². The summed E-state index contributed by atoms with van der Waals surface area (Å²) < 4.78 is 22.9. The van der Waals surface area contributed by atoms with Crippen LogP contribution in [-0.2, 0) is 19.1 Å². The molecule has 0 unspecified atom stereocenters. The van der Waals surface area contributed by atoms with E-state index in [0.29, 0.717) is 6.42 Å². The van der Waals surface area contributed by atoms with Gasteiger partial charge in [-0.3, -0.25) is 4.79 Å². The third-order valence-electron chi connectivity index (χ3n) is 5.22. The molecule has 0 spiro atoms. The molecule has 6 heteroatoms. The predicted molar refractivity (Wildman–Crippen MR) is 137 cm³/mol. The highest BCUT2D eigenvalue weighted by atomic mass is 16.6. The van der Waals surface area contributed by atoms with Crippen LogP contribution in [0.2, 0.25) is 0 Å². The minimum atomic E-state index is -0.687. The number of carbonyl (C=O) groups excluding carboxylic acids is 2. The average Bonchev–Trinajstić information content (AvgIpc) is 2.75. The first-order chi connectivity index (χ1) is 16.1. The quantitative estimate of drug-likeness (QED) is 0.371. The van der Waals surface area contributed by atoms with E-state index in [1.807, 2.05) is 97.0 Å². The molecule has 0 aliphatic rings. The number of hydrogen-bond donors (Lipinski definition) is 0. The number of rotatable bonds is 9. The molecule has 0 bridgehead atoms. The summed E-state index contributed by atoms with van der Waals surface area (Å²) >= 11 is 0. The van der Waals surface area contributed by atoms with Crippen molar-refractivity contribution in [3.8, 4) is 11.5 Å². The molecular weight excluding hydrogens is 444 g/mol. The van der Waals surface area contributed by atoms with E-state index in [4.69, 9.17) is 18.9 Å². The van der Waals surface area contributed by atoms with E-state index in [1.165, 1.54) is 0 Å². The van der Waals surface area contributed by atoms with E-state index < -0.39 is 30.1 Å². The van der Waals surface area contributed by atoms with Gasteiger partial charge in [0.25, 0.3) is 0 Å². The van der Waals surface area contributed by atoms with Gasteiger partial charge in [0, 0.05) is 0 Å². The fourth-order valence-electron chi connectivity index (χ4n) is 3.09. The highest BCUT2D eigenvalue weighted by Crippen LogP contribution is 2.31. The Morgan fingerprint density at radius 2 is 1.11 bits per heavy atom. The van der Waals surface area contributed by atoms with Crippen molar-refractivity contribution in [1.82, 2.24) is 0 Å². The Hall–Kier alpha value is -3.02. The van der Waals surface area contributed by atoms with Gasteiger partial charge >= 0.3 is 11.9 Å². The molecule has 0 aromatic heterocycles. The number of ether oxygens (including phenoxy) is 4. The minimum Gasteiger partial charge on any atom is -0.488 e. The molecule has 192 valence electrons. The van der Waals surface area contributed by atoms with Crippen LogP contribution in [0.3, 0.4) is 0 Å². The normalized spacial score (nSPS) is 12.3. The topological polar surface area (TPSA) is 71.1 Å². The maximum Gasteiger partial charge on any atom is 0.345 e. The largest absolute Gasteiger partial charge is 0.488 e. The fraction of sp³-hybridized carbons (Fsp3) is 0.517. The van der Waals surface area contributed by atoms with E-state index in [9.17, 15) is 9.59 Å². The minimum absolute atomic E-state index is 0.327. The molecule has 0 atom stereocenters. The predicted octanol–water partition coefficient (Wildman–Crippen LogP) is 6.65. The molecule has 0 saturated carbocycles. The number of hydrogen-bond acceptors (Lipinski definition) is 6. The summed E-state index contributed by atoms with van der Waals surface area (Å²) in [4.78, 5) is 25.0. The van der Waals surface area contributed by atoms with Crippen molar-refractivity contribution in [3.63, 3.8) is 0 Å². The van der Waals surface area contributed by atoms with E-state index in [1.54, 1.807) is 13.8 Å². The summed E-state index contributed by atoms with van der Waals surface area (Å²) in [7, 11) is 0. The standard InChI is InChI=1S/C29H40O6/c1-10-29(8,9)26(31)32-19-24(30)33-25(20-11-15-22(16-12-20)34-27(2,3)4)21-13-17-23(18-14-21)35-28(5,6)7/h11-18,25H,10,19H2,1-9H3. The van der Waals surface area contributed by atoms with Gasteiger partial charge in [-0.2, -0.15) is 0 Å². The van der Waals surface area contributed by atoms with E-state index >= 15 is 0 Å². The molecule has 2 aromatic rings. The van der Waals surface area contributed by atoms with E-state index in [-0.39, 0.29) is 11.2 Å². The smallest absolute Gasteiger partial charge is 0.345 e. The first-order valence-corrected chi connectivity index (χ1v) is 12.0. The Morgan fingerprint density at radius 3 is 1.46 bits per heavy atom. The van der Waals surface area contributed by atoms with Gasteiger partial charge in [0.1, 0.15) is 22.7 Å². The van der Waals surface area contributed by atoms with Crippen LogP contribution in [0, 0.1) is 5.41 Å². The second kappa shape index (κ2) is 11.1. The molecule has 0 radical (unpaired) electrons. The Morgan fingerprint density at radius 1 is 0.714 bits per heavy atom. The third-order valence-corrected chi connectivity index (χ3v) is 5.22. The van der Waals surface area contributed by atoms with Crippen molar-refractivity contribution in [3.05, 3.63) is 59.7 Å². The monoisotopic (exact) mass is 484 g/mol. The van der Waals surface area contributed by atoms with Crippen molar-refractivity contribution in [1.29, 1.82) is 0 Å². The van der Waals surface area contributed by atoms with Crippen LogP contribution in [0.4, 0.5) is 0 Å². The average molecular weight is 485 g/mol. The lowest BCUT2D eigenvalue weighted by Gasteiger charge is -2.24. The molecular formula is C29H40O6. The molecule has 0 amide bonds. The Labute approximate surface area is 209 Å². The SMILES string of the molecule is CCC(C)(C)C(=O)OCC(=O)OC(c1ccc(OC(C)(C)C)cc1)c1ccc(OC(C)(C)C)cc1. The van der Waals surface area contributed by atoms with Crippen LogP contribution in [-0.4, -0.2) is 29.7 Å². The van der Waals surface area contributed by atoms with Crippen molar-refractivity contribution in [2.75, 3.05) is 6.61 Å². The summed E-state index contributed by atoms with van der Waals surface area (Å²) in [6.07, 6.45) is -0.0806. The summed E-state index contributed by atoms with van der Waals surface area (Å²) in [5.41, 5.74) is 0.221. The molecule has 0 fully saturated rings. The van der Waals surface area contributed by atoms with Crippen molar-refractivity contribution >= 4 is 11.9 Å². The van der Waals surface area contributed by atoms with Crippen LogP contribution in [0.15, 0.2) is 48.5 Å². The van der Waals surface area contributed by atoms with Gasteiger partial charge < -0.3 is 18.9 Å². The van der Waals surface area contributed by atoms with Gasteiger partial charge in [0.15, 0.2) is 12.7 Å². The van der Waals surface area contributed by atoms with Gasteiger partial charge in [-0.25, -0.2) is 4.79 Å². The zero-order valence-electron chi connectivity index (χ0n) is 22.6. The molecule has 0 aliphatic carbocycles. The zero-order valence-corrected chi connectivity index (χ0v) is 22.6. The first-order valence-electron chi connectivity index (χ1n) is 12.0. The molecule has 0 saturated heterocycles. The Kier molecular flexibility index (Phi) is 8.99. The van der Waals surface area contributed by atoms with Gasteiger partial charge in [0.2, 0.25) is 0 Å². The van der Waals surface area contributed by atoms with Gasteiger partial charge in [-0.05, 0) is 97.2 Å². The van der Waals surface area contributed by atoms with Crippen molar-refractivity contribution < 1.29 is 28.5 Å². The molecule has 2 aromatic carbocycles. The lowest BCUT2D eigenvalue weighted by molar-refractivity contribution is -0.166. The Balaban J connectivity index is 2.25. The van der Waals surface area contributed by atoms with Crippen molar-refractivity contribution in [2.45, 2.75) is 86.0 Å². The zero-order chi connectivity index (χ0) is 26.4. The highest BCUT2D eigenvalue weighted by molar-refractivity contribution is 5.80. The van der Waals surface area contributed by atoms with E-state index in [2.05, 4.69) is 0 Å². The summed E-state index contributed by atoms with van der Waals surface area (Å²) in [5, 5.41) is 0. The maximum absolute atomic E-state index is 12.7. The van der Waals surface area contributed by atoms with Crippen molar-refractivity contribution in [2.24, 2.45) is 5.41 Å². The molecule has 0 N–H and O–H groups in total. The van der Waals surface area contributed by atoms with Crippen LogP contribution in [0.1, 0.15) is 86.0 Å². The second-order valence-corrected chi connectivity index (χ2v) is 11.3. The highest BCUT2D eigenvalue weighted by Gasteiger charge is 2.28. The lowest BCUT2D eigenvalue weighted by atomic mass is 9.91. The molecule has 6 nitrogen and oxygen atoms in total. The van der Waals surface area contributed by atoms with Crippen LogP contribution < -0.4 is 9.47 Å². The summed E-state index contributed by atoms with van der Waals surface area (Å²) in [6, 6.07) is 14.9. The molecule has 0 heterocycles. The third kappa shape index (κ3) is 9.27. The summed E-state index contributed by atoms with van der Waals surface area (Å²) in [6.45, 7) is 16.9. The van der Waals surface area contributed by atoms with E-state index in [0.717, 1.165) is 22.6 Å². The van der Waals surface area contributed by atoms with Gasteiger partial charge in [-0.15, -0.1) is 0 Å². The lowest BCUT2D eigenvalue weighted by Crippen LogP contribution is -2.29. The van der Waals surface area contributed by atoms with Crippen LogP contribution >= 0.6 is 0 Å². The summed E-state index contributed by atoms with van der Waals surface area (Å²) in [5.74, 6) is 0.383. The maximum atomic E-state index is 12.7. The number of esters is 2. The van der Waals surface area contributed by atoms with Gasteiger partial charge in [-0.1, -0.05) is 31.2 Å². The van der Waals surface area contributed by atoms with Crippen LogP contribution in [0.25, 0.3) is 0 Å². The number of carbonyl (C=O) groups is 2. The molecule has 2 rings (SSSR count). The molecule has 0 aliphatic heterocycles. The fourth-order valence-corrected chi connectivity index (χ4v) is 3.09. The second-order valence-electron chi connectivity index (χ2n) is 11.3. The number of benzene rings is 2. The Bertz CT molecular complexity index is 916.